The highest BCUT2D eigenvalue weighted by Crippen LogP contribution is 2.34. The molecule has 32 heavy (non-hydrogen) atoms. The highest BCUT2D eigenvalue weighted by Gasteiger charge is 2.30. The standard InChI is InChI=1S/C24H21F3O4S/c1-15-10-19(32-20-7-9-22(16(2)11-20)31-14-23(28)29)6-8-21(15)30-13-17-4-3-5-18(12-17)24(25,26)27/h3-12H,13-14H2,1-2H3,(H,28,29). The lowest BCUT2D eigenvalue weighted by molar-refractivity contribution is -0.139. The lowest BCUT2D eigenvalue weighted by atomic mass is 10.1. The van der Waals surface area contributed by atoms with Crippen molar-refractivity contribution in [1.82, 2.24) is 0 Å². The molecule has 3 aromatic rings. The first-order valence-corrected chi connectivity index (χ1v) is 10.5. The number of carboxylic acids is 1. The van der Waals surface area contributed by atoms with Crippen molar-refractivity contribution in [2.45, 2.75) is 36.4 Å². The first-order chi connectivity index (χ1) is 15.1. The number of hydrogen-bond acceptors (Lipinski definition) is 4. The van der Waals surface area contributed by atoms with E-state index in [2.05, 4.69) is 0 Å². The zero-order valence-corrected chi connectivity index (χ0v) is 18.2. The van der Waals surface area contributed by atoms with Gasteiger partial charge >= 0.3 is 12.1 Å². The van der Waals surface area contributed by atoms with Gasteiger partial charge in [-0.2, -0.15) is 13.2 Å². The molecule has 3 aromatic carbocycles. The van der Waals surface area contributed by atoms with Crippen LogP contribution >= 0.6 is 11.8 Å². The van der Waals surface area contributed by atoms with Crippen LogP contribution in [0.15, 0.2) is 70.5 Å². The minimum absolute atomic E-state index is 0.0360. The third-order valence-electron chi connectivity index (χ3n) is 4.53. The number of alkyl halides is 3. The van der Waals surface area contributed by atoms with Gasteiger partial charge in [-0.25, -0.2) is 4.79 Å². The molecule has 0 saturated heterocycles. The molecule has 0 fully saturated rings. The fourth-order valence-corrected chi connectivity index (χ4v) is 3.98. The molecule has 0 radical (unpaired) electrons. The number of ether oxygens (including phenoxy) is 2. The zero-order chi connectivity index (χ0) is 23.3. The van der Waals surface area contributed by atoms with E-state index >= 15 is 0 Å². The van der Waals surface area contributed by atoms with Crippen LogP contribution in [0.5, 0.6) is 11.5 Å². The molecule has 1 N–H and O–H groups in total. The van der Waals surface area contributed by atoms with Crippen LogP contribution in [-0.4, -0.2) is 17.7 Å². The van der Waals surface area contributed by atoms with E-state index in [4.69, 9.17) is 14.6 Å². The van der Waals surface area contributed by atoms with Gasteiger partial charge in [0.25, 0.3) is 0 Å². The SMILES string of the molecule is Cc1cc(Sc2ccc(OCc3cccc(C(F)(F)F)c3)c(C)c2)ccc1OCC(=O)O. The van der Waals surface area contributed by atoms with Crippen molar-refractivity contribution in [2.24, 2.45) is 0 Å². The van der Waals surface area contributed by atoms with E-state index < -0.39 is 24.3 Å². The zero-order valence-electron chi connectivity index (χ0n) is 17.4. The van der Waals surface area contributed by atoms with Crippen LogP contribution in [0.3, 0.4) is 0 Å². The van der Waals surface area contributed by atoms with Crippen LogP contribution in [0, 0.1) is 13.8 Å². The summed E-state index contributed by atoms with van der Waals surface area (Å²) >= 11 is 1.52. The minimum Gasteiger partial charge on any atom is -0.489 e. The van der Waals surface area contributed by atoms with E-state index in [9.17, 15) is 18.0 Å². The van der Waals surface area contributed by atoms with Crippen LogP contribution in [-0.2, 0) is 17.6 Å². The van der Waals surface area contributed by atoms with Crippen molar-refractivity contribution >= 4 is 17.7 Å². The molecule has 0 saturated carbocycles. The predicted molar refractivity (Wildman–Crippen MR) is 115 cm³/mol. The van der Waals surface area contributed by atoms with E-state index in [1.165, 1.54) is 17.8 Å². The molecule has 0 amide bonds. The van der Waals surface area contributed by atoms with Gasteiger partial charge in [-0.3, -0.25) is 0 Å². The molecule has 0 heterocycles. The monoisotopic (exact) mass is 462 g/mol. The molecule has 0 aliphatic rings. The number of aryl methyl sites for hydroxylation is 2. The molecule has 8 heteroatoms. The van der Waals surface area contributed by atoms with Crippen molar-refractivity contribution in [2.75, 3.05) is 6.61 Å². The molecule has 0 aliphatic carbocycles. The van der Waals surface area contributed by atoms with Crippen LogP contribution < -0.4 is 9.47 Å². The van der Waals surface area contributed by atoms with Gasteiger partial charge in [-0.1, -0.05) is 23.9 Å². The van der Waals surface area contributed by atoms with E-state index in [0.717, 1.165) is 33.1 Å². The minimum atomic E-state index is -4.39. The van der Waals surface area contributed by atoms with Gasteiger partial charge < -0.3 is 14.6 Å². The van der Waals surface area contributed by atoms with Crippen molar-refractivity contribution in [3.8, 4) is 11.5 Å². The largest absolute Gasteiger partial charge is 0.489 e. The second kappa shape index (κ2) is 9.99. The maximum absolute atomic E-state index is 12.9. The summed E-state index contributed by atoms with van der Waals surface area (Å²) in [5.41, 5.74) is 1.43. The normalized spacial score (nSPS) is 11.3. The number of carbonyl (C=O) groups is 1. The van der Waals surface area contributed by atoms with Gasteiger partial charge in [0.15, 0.2) is 6.61 Å². The van der Waals surface area contributed by atoms with Gasteiger partial charge in [0.1, 0.15) is 18.1 Å². The van der Waals surface area contributed by atoms with Gasteiger partial charge in [-0.05, 0) is 79.1 Å². The van der Waals surface area contributed by atoms with Gasteiger partial charge in [-0.15, -0.1) is 0 Å². The Balaban J connectivity index is 1.64. The topological polar surface area (TPSA) is 55.8 Å². The summed E-state index contributed by atoms with van der Waals surface area (Å²) in [6.07, 6.45) is -4.39. The summed E-state index contributed by atoms with van der Waals surface area (Å²) in [5.74, 6) is 0.0836. The van der Waals surface area contributed by atoms with E-state index in [-0.39, 0.29) is 6.61 Å². The average Bonchev–Trinajstić information content (AvgIpc) is 2.72. The smallest absolute Gasteiger partial charge is 0.416 e. The molecule has 0 aliphatic heterocycles. The van der Waals surface area contributed by atoms with Gasteiger partial charge in [0, 0.05) is 9.79 Å². The lowest BCUT2D eigenvalue weighted by Crippen LogP contribution is -2.09. The fraction of sp³-hybridized carbons (Fsp3) is 0.208. The van der Waals surface area contributed by atoms with E-state index in [1.807, 2.05) is 38.1 Å². The Hall–Kier alpha value is -3.13. The third kappa shape index (κ3) is 6.43. The molecule has 4 nitrogen and oxygen atoms in total. The highest BCUT2D eigenvalue weighted by molar-refractivity contribution is 7.99. The fourth-order valence-electron chi connectivity index (χ4n) is 2.97. The number of rotatable bonds is 8. The maximum atomic E-state index is 12.9. The first-order valence-electron chi connectivity index (χ1n) is 9.64. The van der Waals surface area contributed by atoms with Gasteiger partial charge in [0.05, 0.1) is 5.56 Å². The number of halogens is 3. The third-order valence-corrected chi connectivity index (χ3v) is 5.51. The molecule has 0 aromatic heterocycles. The average molecular weight is 462 g/mol. The Morgan fingerprint density at radius 2 is 1.50 bits per heavy atom. The number of carboxylic acid groups (broad SMARTS) is 1. The summed E-state index contributed by atoms with van der Waals surface area (Å²) < 4.78 is 49.6. The first kappa shape index (κ1) is 23.5. The summed E-state index contributed by atoms with van der Waals surface area (Å²) in [5, 5.41) is 8.73. The van der Waals surface area contributed by atoms with E-state index in [0.29, 0.717) is 17.1 Å². The van der Waals surface area contributed by atoms with E-state index in [1.54, 1.807) is 18.2 Å². The van der Waals surface area contributed by atoms with Crippen LogP contribution in [0.2, 0.25) is 0 Å². The van der Waals surface area contributed by atoms with Crippen molar-refractivity contribution < 1.29 is 32.5 Å². The highest BCUT2D eigenvalue weighted by atomic mass is 32.2. The number of hydrogen-bond donors (Lipinski definition) is 1. The lowest BCUT2D eigenvalue weighted by Gasteiger charge is -2.13. The molecule has 3 rings (SSSR count). The quantitative estimate of drug-likeness (QED) is 0.413. The summed E-state index contributed by atoms with van der Waals surface area (Å²) in [6, 6.07) is 16.2. The number of benzene rings is 3. The van der Waals surface area contributed by atoms with Gasteiger partial charge in [0.2, 0.25) is 0 Å². The van der Waals surface area contributed by atoms with Crippen LogP contribution in [0.1, 0.15) is 22.3 Å². The maximum Gasteiger partial charge on any atom is 0.416 e. The summed E-state index contributed by atoms with van der Waals surface area (Å²) in [6.45, 7) is 3.36. The van der Waals surface area contributed by atoms with Crippen LogP contribution in [0.25, 0.3) is 0 Å². The number of aliphatic carboxylic acids is 1. The van der Waals surface area contributed by atoms with Crippen molar-refractivity contribution in [1.29, 1.82) is 0 Å². The molecular formula is C24H21F3O4S. The van der Waals surface area contributed by atoms with Crippen molar-refractivity contribution in [3.05, 3.63) is 82.9 Å². The Labute approximate surface area is 188 Å². The predicted octanol–water partition coefficient (Wildman–Crippen LogP) is 6.52. The van der Waals surface area contributed by atoms with Crippen molar-refractivity contribution in [3.63, 3.8) is 0 Å². The Kier molecular flexibility index (Phi) is 7.35. The van der Waals surface area contributed by atoms with Crippen LogP contribution in [0.4, 0.5) is 13.2 Å². The Bertz CT molecular complexity index is 1110. The Morgan fingerprint density at radius 1 is 0.906 bits per heavy atom. The molecule has 0 spiro atoms. The molecule has 0 bridgehead atoms. The molecule has 0 atom stereocenters. The second-order valence-electron chi connectivity index (χ2n) is 7.13. The summed E-state index contributed by atoms with van der Waals surface area (Å²) in [7, 11) is 0. The summed E-state index contributed by atoms with van der Waals surface area (Å²) in [4.78, 5) is 12.6. The molecule has 168 valence electrons. The Morgan fingerprint density at radius 3 is 2.03 bits per heavy atom. The second-order valence-corrected chi connectivity index (χ2v) is 8.27. The molecular weight excluding hydrogens is 441 g/mol. The molecule has 0 unspecified atom stereocenters.